The van der Waals surface area contributed by atoms with Crippen molar-refractivity contribution in [2.24, 2.45) is 0 Å². The van der Waals surface area contributed by atoms with Gasteiger partial charge in [-0.2, -0.15) is 0 Å². The summed E-state index contributed by atoms with van der Waals surface area (Å²) in [5.41, 5.74) is 2.46. The van der Waals surface area contributed by atoms with Crippen molar-refractivity contribution in [3.8, 4) is 5.88 Å². The monoisotopic (exact) mass is 744 g/mol. The predicted molar refractivity (Wildman–Crippen MR) is 174 cm³/mol. The average molecular weight is 745 g/mol. The third-order valence-corrected chi connectivity index (χ3v) is 7.27. The minimum atomic E-state index is -1.59. The van der Waals surface area contributed by atoms with Crippen LogP contribution in [0.15, 0.2) is 65.7 Å². The van der Waals surface area contributed by atoms with Crippen LogP contribution in [0.25, 0.3) is 0 Å². The molecule has 52 heavy (non-hydrogen) atoms. The molecule has 4 heterocycles. The number of H-pyrrole nitrogens is 1. The van der Waals surface area contributed by atoms with Crippen LogP contribution in [-0.4, -0.2) is 96.6 Å². The summed E-state index contributed by atoms with van der Waals surface area (Å²) in [6.45, 7) is 8.21. The zero-order valence-corrected chi connectivity index (χ0v) is 35.6. The number of anilines is 6. The molecule has 2 aliphatic heterocycles. The molecule has 2 aromatic carbocycles. The van der Waals surface area contributed by atoms with E-state index in [1.54, 1.807) is 6.92 Å². The first-order valence-electron chi connectivity index (χ1n) is 15.2. The van der Waals surface area contributed by atoms with Crippen LogP contribution in [0.1, 0.15) is 27.6 Å². The van der Waals surface area contributed by atoms with Crippen LogP contribution in [0.4, 0.5) is 34.6 Å². The van der Waals surface area contributed by atoms with Crippen LogP contribution < -0.4 is 125 Å². The molecule has 2 aliphatic rings. The van der Waals surface area contributed by atoms with Crippen LogP contribution in [0, 0.1) is 0 Å². The smallest absolute Gasteiger partial charge is 0.870 e. The minimum absolute atomic E-state index is 0. The number of nitrogens with zero attached hydrogens (tertiary/aromatic N) is 5. The Morgan fingerprint density at radius 2 is 1.29 bits per heavy atom. The molecular weight excluding hydrogens is 709 g/mol. The van der Waals surface area contributed by atoms with Gasteiger partial charge >= 0.3 is 94.6 Å². The second-order valence-electron chi connectivity index (χ2n) is 10.4. The van der Waals surface area contributed by atoms with Gasteiger partial charge in [0.15, 0.2) is 0 Å². The Hall–Kier alpha value is -2.78. The van der Waals surface area contributed by atoms with Gasteiger partial charge in [0.2, 0.25) is 11.9 Å². The molecule has 0 unspecified atom stereocenters. The molecule has 4 N–H and O–H groups in total. The number of aromatic carboxylic acids is 1. The van der Waals surface area contributed by atoms with Gasteiger partial charge in [-0.05, 0) is 55.5 Å². The largest absolute Gasteiger partial charge is 1.00 e. The van der Waals surface area contributed by atoms with E-state index < -0.39 is 28.9 Å². The molecule has 0 atom stereocenters. The van der Waals surface area contributed by atoms with E-state index in [9.17, 15) is 24.6 Å². The Labute approximate surface area is 366 Å². The molecule has 0 saturated carbocycles. The molecule has 0 spiro atoms. The topological polar surface area (TPSA) is 240 Å². The molecule has 2 fully saturated rings. The number of rotatable bonds is 9. The van der Waals surface area contributed by atoms with Gasteiger partial charge in [0, 0.05) is 66.6 Å². The van der Waals surface area contributed by atoms with Gasteiger partial charge in [0.05, 0.1) is 45.2 Å². The van der Waals surface area contributed by atoms with E-state index in [0.29, 0.717) is 18.9 Å². The molecule has 0 radical (unpaired) electrons. The summed E-state index contributed by atoms with van der Waals surface area (Å²) in [5, 5.41) is 28.0. The molecule has 0 aliphatic carbocycles. The Balaban J connectivity index is 0.000000484. The number of carboxylic acid groups (broad SMARTS) is 1. The fourth-order valence-corrected chi connectivity index (χ4v) is 4.80. The quantitative estimate of drug-likeness (QED) is 0.107. The molecule has 260 valence electrons. The number of morpholine rings is 2. The van der Waals surface area contributed by atoms with Gasteiger partial charge in [-0.25, -0.2) is 19.7 Å². The van der Waals surface area contributed by atoms with Crippen molar-refractivity contribution in [2.75, 3.05) is 79.6 Å². The van der Waals surface area contributed by atoms with Gasteiger partial charge in [-0.15, -0.1) is 0 Å². The van der Waals surface area contributed by atoms with Gasteiger partial charge < -0.3 is 55.1 Å². The number of carboxylic acids is 1. The maximum absolute atomic E-state index is 12.0. The summed E-state index contributed by atoms with van der Waals surface area (Å²) in [6.07, 6.45) is 2.15. The average Bonchev–Trinajstić information content (AvgIpc) is 3.10. The standard InChI is InChI=1S/C17H20N4O4.C15H16N4O4.3Na.H2O/c1-2-25-16(23)14-11-18-17(20-15(14)22)19-12-3-5-13(6-4-12)21-7-9-24-10-8-21;20-13-12(14(21)22)9-16-15(18-13)17-10-1-3-11(4-2-10)19-5-7-23-8-6-19;;;;/h3-6,11H,2,7-10H2,1H3,(H2,18,19,20,22);1-4,9H,5-8H2,(H,21,22)(H2,16,17,18,20);;;;1H2/q;;3*+1;/p-3. The third-order valence-electron chi connectivity index (χ3n) is 7.27. The molecule has 4 aromatic rings. The second-order valence-corrected chi connectivity index (χ2v) is 10.4. The van der Waals surface area contributed by atoms with E-state index in [4.69, 9.17) is 14.2 Å². The Bertz CT molecular complexity index is 1760. The van der Waals surface area contributed by atoms with Crippen LogP contribution in [0.2, 0.25) is 0 Å². The number of aromatic amines is 1. The second kappa shape index (κ2) is 23.8. The van der Waals surface area contributed by atoms with Crippen molar-refractivity contribution in [1.29, 1.82) is 0 Å². The number of esters is 1. The molecule has 20 heteroatoms. The molecular formula is C32H35N8Na3O9. The minimum Gasteiger partial charge on any atom is -0.870 e. The fourth-order valence-electron chi connectivity index (χ4n) is 4.80. The molecule has 2 saturated heterocycles. The maximum atomic E-state index is 12.0. The summed E-state index contributed by atoms with van der Waals surface area (Å²) in [6, 6.07) is 15.4. The van der Waals surface area contributed by atoms with Crippen molar-refractivity contribution in [1.82, 2.24) is 19.9 Å². The van der Waals surface area contributed by atoms with E-state index in [1.807, 2.05) is 48.5 Å². The Morgan fingerprint density at radius 1 is 0.808 bits per heavy atom. The number of benzene rings is 2. The van der Waals surface area contributed by atoms with Crippen LogP contribution >= 0.6 is 0 Å². The van der Waals surface area contributed by atoms with Crippen molar-refractivity contribution >= 4 is 46.6 Å². The van der Waals surface area contributed by atoms with Crippen molar-refractivity contribution in [2.45, 2.75) is 6.92 Å². The molecule has 6 rings (SSSR count). The Morgan fingerprint density at radius 3 is 1.73 bits per heavy atom. The van der Waals surface area contributed by atoms with E-state index in [2.05, 4.69) is 40.4 Å². The number of hydrogen-bond donors (Lipinski definition) is 3. The molecule has 17 nitrogen and oxygen atoms in total. The van der Waals surface area contributed by atoms with E-state index in [-0.39, 0.29) is 118 Å². The third kappa shape index (κ3) is 13.6. The number of ether oxygens (including phenoxy) is 3. The fraction of sp³-hybridized carbons (Fsp3) is 0.312. The summed E-state index contributed by atoms with van der Waals surface area (Å²) in [4.78, 5) is 52.6. The van der Waals surface area contributed by atoms with Gasteiger partial charge in [-0.3, -0.25) is 9.78 Å². The Kier molecular flexibility index (Phi) is 21.6. The molecule has 0 bridgehead atoms. The number of carbonyl (C=O) groups is 2. The first-order chi connectivity index (χ1) is 23.3. The normalized spacial score (nSPS) is 13.2. The van der Waals surface area contributed by atoms with E-state index >= 15 is 0 Å². The zero-order chi connectivity index (χ0) is 33.9. The molecule has 0 amide bonds. The first kappa shape index (κ1) is 47.2. The predicted octanol–water partition coefficient (Wildman–Crippen LogP) is -8.14. The van der Waals surface area contributed by atoms with Crippen LogP contribution in [0.5, 0.6) is 5.88 Å². The van der Waals surface area contributed by atoms with Gasteiger partial charge in [0.25, 0.3) is 5.56 Å². The summed E-state index contributed by atoms with van der Waals surface area (Å²) in [5.74, 6) is -2.85. The van der Waals surface area contributed by atoms with E-state index in [0.717, 1.165) is 62.7 Å². The summed E-state index contributed by atoms with van der Waals surface area (Å²) >= 11 is 0. The maximum Gasteiger partial charge on any atom is 1.00 e. The van der Waals surface area contributed by atoms with Gasteiger partial charge in [0.1, 0.15) is 5.56 Å². The first-order valence-corrected chi connectivity index (χ1v) is 15.2. The van der Waals surface area contributed by atoms with Crippen LogP contribution in [-0.2, 0) is 14.2 Å². The van der Waals surface area contributed by atoms with Crippen molar-refractivity contribution in [3.05, 3.63) is 82.4 Å². The van der Waals surface area contributed by atoms with Crippen molar-refractivity contribution < 1.29 is 128 Å². The van der Waals surface area contributed by atoms with Crippen LogP contribution in [0.3, 0.4) is 0 Å². The number of carbonyl (C=O) groups excluding carboxylic acids is 2. The molecule has 2 aromatic heterocycles. The number of hydrogen-bond acceptors (Lipinski definition) is 16. The number of aromatic nitrogens is 4. The number of nitrogens with one attached hydrogen (secondary N) is 3. The summed E-state index contributed by atoms with van der Waals surface area (Å²) < 4.78 is 15.5. The van der Waals surface area contributed by atoms with E-state index in [1.165, 1.54) is 6.20 Å². The SMILES string of the molecule is CCOC(=O)c1cnc(Nc2ccc(N3CCOCC3)cc2)[nH]c1=O.O=C([O-])c1cnc(Nc2ccc(N3CCOCC3)cc2)nc1[O-].[Na+].[Na+].[Na+].[OH-]. The van der Waals surface area contributed by atoms with Gasteiger partial charge in [-0.1, -0.05) is 0 Å². The summed E-state index contributed by atoms with van der Waals surface area (Å²) in [7, 11) is 0. The van der Waals surface area contributed by atoms with Crippen molar-refractivity contribution in [3.63, 3.8) is 0 Å². The zero-order valence-electron chi connectivity index (χ0n) is 29.6.